The van der Waals surface area contributed by atoms with Gasteiger partial charge in [-0.2, -0.15) is 0 Å². The molecule has 1 rings (SSSR count). The van der Waals surface area contributed by atoms with Gasteiger partial charge in [0.25, 0.3) is 0 Å². The zero-order chi connectivity index (χ0) is 15.1. The Balaban J connectivity index is 2.49. The molecule has 0 heterocycles. The molecule has 2 atom stereocenters. The van der Waals surface area contributed by atoms with Crippen molar-refractivity contribution in [3.8, 4) is 0 Å². The number of aliphatic hydroxyl groups excluding tert-OH is 1. The summed E-state index contributed by atoms with van der Waals surface area (Å²) in [6, 6.07) is 3.44. The number of urea groups is 1. The summed E-state index contributed by atoms with van der Waals surface area (Å²) in [5.74, 6) is -0.205. The van der Waals surface area contributed by atoms with Crippen LogP contribution in [0.15, 0.2) is 18.2 Å². The summed E-state index contributed by atoms with van der Waals surface area (Å²) < 4.78 is 13.0. The number of amides is 2. The number of hydrogen-bond acceptors (Lipinski definition) is 2. The molecule has 0 aliphatic heterocycles. The lowest BCUT2D eigenvalue weighted by molar-refractivity contribution is 0.231. The molecule has 1 aromatic carbocycles. The highest BCUT2D eigenvalue weighted by atomic mass is 35.5. The van der Waals surface area contributed by atoms with E-state index in [0.29, 0.717) is 18.5 Å². The Labute approximate surface area is 123 Å². The average molecular weight is 303 g/mol. The van der Waals surface area contributed by atoms with Gasteiger partial charge in [-0.15, -0.1) is 0 Å². The van der Waals surface area contributed by atoms with Gasteiger partial charge in [-0.1, -0.05) is 24.6 Å². The van der Waals surface area contributed by atoms with Crippen molar-refractivity contribution >= 4 is 17.6 Å². The van der Waals surface area contributed by atoms with Crippen LogP contribution in [0, 0.1) is 11.7 Å². The van der Waals surface area contributed by atoms with Crippen LogP contribution in [0.5, 0.6) is 0 Å². The van der Waals surface area contributed by atoms with Crippen LogP contribution in [0.4, 0.5) is 9.18 Å². The first-order valence-electron chi connectivity index (χ1n) is 6.54. The fourth-order valence-corrected chi connectivity index (χ4v) is 2.10. The van der Waals surface area contributed by atoms with Gasteiger partial charge in [-0.3, -0.25) is 0 Å². The molecule has 0 bridgehead atoms. The molecule has 112 valence electrons. The zero-order valence-corrected chi connectivity index (χ0v) is 12.4. The van der Waals surface area contributed by atoms with E-state index < -0.39 is 5.82 Å². The summed E-state index contributed by atoms with van der Waals surface area (Å²) in [5.41, 5.74) is 0.659. The Morgan fingerprint density at radius 3 is 2.75 bits per heavy atom. The molecule has 0 aromatic heterocycles. The Kier molecular flexibility index (Phi) is 6.75. The maximum Gasteiger partial charge on any atom is 0.315 e. The minimum absolute atomic E-state index is 0.103. The van der Waals surface area contributed by atoms with Gasteiger partial charge in [0.15, 0.2) is 0 Å². The van der Waals surface area contributed by atoms with Gasteiger partial charge in [0.1, 0.15) is 5.82 Å². The van der Waals surface area contributed by atoms with Gasteiger partial charge < -0.3 is 15.7 Å². The molecule has 4 nitrogen and oxygen atoms in total. The molecule has 3 N–H and O–H groups in total. The zero-order valence-electron chi connectivity index (χ0n) is 11.6. The van der Waals surface area contributed by atoms with Crippen molar-refractivity contribution in [1.29, 1.82) is 0 Å². The SMILES string of the molecule is CC(CCO)CNC(=O)NC(C)c1ccc(F)cc1Cl. The highest BCUT2D eigenvalue weighted by Crippen LogP contribution is 2.23. The molecular weight excluding hydrogens is 283 g/mol. The fourth-order valence-electron chi connectivity index (χ4n) is 1.77. The summed E-state index contributed by atoms with van der Waals surface area (Å²) in [6.07, 6.45) is 0.639. The second-order valence-corrected chi connectivity index (χ2v) is 5.27. The number of carbonyl (C=O) groups excluding carboxylic acids is 1. The van der Waals surface area contributed by atoms with Crippen LogP contribution in [-0.2, 0) is 0 Å². The smallest absolute Gasteiger partial charge is 0.315 e. The van der Waals surface area contributed by atoms with Gasteiger partial charge in [0, 0.05) is 18.2 Å². The highest BCUT2D eigenvalue weighted by Gasteiger charge is 2.13. The number of hydrogen-bond donors (Lipinski definition) is 3. The second kappa shape index (κ2) is 8.07. The minimum atomic E-state index is -0.409. The molecule has 20 heavy (non-hydrogen) atoms. The first kappa shape index (κ1) is 16.7. The Bertz CT molecular complexity index is 457. The van der Waals surface area contributed by atoms with Crippen molar-refractivity contribution < 1.29 is 14.3 Å². The van der Waals surface area contributed by atoms with Crippen molar-refractivity contribution in [3.63, 3.8) is 0 Å². The van der Waals surface area contributed by atoms with Gasteiger partial charge in [-0.05, 0) is 37.0 Å². The fraction of sp³-hybridized carbons (Fsp3) is 0.500. The summed E-state index contributed by atoms with van der Waals surface area (Å²) in [7, 11) is 0. The first-order chi connectivity index (χ1) is 9.43. The Morgan fingerprint density at radius 1 is 1.45 bits per heavy atom. The van der Waals surface area contributed by atoms with Crippen molar-refractivity contribution in [2.45, 2.75) is 26.3 Å². The lowest BCUT2D eigenvalue weighted by Crippen LogP contribution is -2.39. The van der Waals surface area contributed by atoms with E-state index in [-0.39, 0.29) is 29.6 Å². The van der Waals surface area contributed by atoms with Crippen LogP contribution in [0.25, 0.3) is 0 Å². The molecular formula is C14H20ClFN2O2. The molecule has 0 saturated heterocycles. The molecule has 1 aromatic rings. The van der Waals surface area contributed by atoms with E-state index in [0.717, 1.165) is 0 Å². The predicted molar refractivity (Wildman–Crippen MR) is 77.2 cm³/mol. The van der Waals surface area contributed by atoms with Crippen molar-refractivity contribution in [2.24, 2.45) is 5.92 Å². The first-order valence-corrected chi connectivity index (χ1v) is 6.92. The maximum absolute atomic E-state index is 13.0. The van der Waals surface area contributed by atoms with E-state index in [4.69, 9.17) is 16.7 Å². The molecule has 6 heteroatoms. The monoisotopic (exact) mass is 302 g/mol. The number of rotatable bonds is 6. The third-order valence-electron chi connectivity index (χ3n) is 3.01. The molecule has 0 saturated carbocycles. The van der Waals surface area contributed by atoms with E-state index in [1.165, 1.54) is 12.1 Å². The minimum Gasteiger partial charge on any atom is -0.396 e. The molecule has 0 aliphatic carbocycles. The summed E-state index contributed by atoms with van der Waals surface area (Å²) in [5, 5.41) is 14.5. The van der Waals surface area contributed by atoms with E-state index in [9.17, 15) is 9.18 Å². The molecule has 0 fully saturated rings. The van der Waals surface area contributed by atoms with Gasteiger partial charge >= 0.3 is 6.03 Å². The normalized spacial score (nSPS) is 13.7. The van der Waals surface area contributed by atoms with Gasteiger partial charge in [-0.25, -0.2) is 9.18 Å². The van der Waals surface area contributed by atoms with Crippen molar-refractivity contribution in [3.05, 3.63) is 34.6 Å². The molecule has 0 aliphatic rings. The predicted octanol–water partition coefficient (Wildman–Crippen LogP) is 2.86. The summed E-state index contributed by atoms with van der Waals surface area (Å²) in [4.78, 5) is 11.7. The maximum atomic E-state index is 13.0. The lowest BCUT2D eigenvalue weighted by atomic mass is 10.1. The molecule has 0 radical (unpaired) electrons. The summed E-state index contributed by atoms with van der Waals surface area (Å²) >= 11 is 5.94. The van der Waals surface area contributed by atoms with Crippen LogP contribution in [0.1, 0.15) is 31.9 Å². The van der Waals surface area contributed by atoms with Crippen LogP contribution < -0.4 is 10.6 Å². The van der Waals surface area contributed by atoms with Gasteiger partial charge in [0.05, 0.1) is 6.04 Å². The van der Waals surface area contributed by atoms with Crippen LogP contribution in [-0.4, -0.2) is 24.3 Å². The number of aliphatic hydroxyl groups is 1. The average Bonchev–Trinajstić information content (AvgIpc) is 2.36. The quantitative estimate of drug-likeness (QED) is 0.756. The van der Waals surface area contributed by atoms with E-state index in [2.05, 4.69) is 10.6 Å². The second-order valence-electron chi connectivity index (χ2n) is 4.86. The Hall–Kier alpha value is -1.33. The lowest BCUT2D eigenvalue weighted by Gasteiger charge is -2.17. The van der Waals surface area contributed by atoms with Crippen LogP contribution in [0.3, 0.4) is 0 Å². The topological polar surface area (TPSA) is 61.4 Å². The van der Waals surface area contributed by atoms with Crippen molar-refractivity contribution in [2.75, 3.05) is 13.2 Å². The van der Waals surface area contributed by atoms with Crippen molar-refractivity contribution in [1.82, 2.24) is 10.6 Å². The largest absolute Gasteiger partial charge is 0.396 e. The van der Waals surface area contributed by atoms with Crippen LogP contribution in [0.2, 0.25) is 5.02 Å². The Morgan fingerprint density at radius 2 is 2.15 bits per heavy atom. The van der Waals surface area contributed by atoms with E-state index >= 15 is 0 Å². The third kappa shape index (κ3) is 5.35. The highest BCUT2D eigenvalue weighted by molar-refractivity contribution is 6.31. The molecule has 2 amide bonds. The third-order valence-corrected chi connectivity index (χ3v) is 3.34. The number of nitrogens with one attached hydrogen (secondary N) is 2. The van der Waals surface area contributed by atoms with Gasteiger partial charge in [0.2, 0.25) is 0 Å². The molecule has 0 spiro atoms. The van der Waals surface area contributed by atoms with E-state index in [1.54, 1.807) is 13.0 Å². The van der Waals surface area contributed by atoms with Crippen LogP contribution >= 0.6 is 11.6 Å². The number of benzene rings is 1. The van der Waals surface area contributed by atoms with E-state index in [1.807, 2.05) is 6.92 Å². The number of halogens is 2. The standard InChI is InChI=1S/C14H20ClFN2O2/c1-9(5-6-19)8-17-14(20)18-10(2)12-4-3-11(16)7-13(12)15/h3-4,7,9-10,19H,5-6,8H2,1-2H3,(H2,17,18,20). The summed E-state index contributed by atoms with van der Waals surface area (Å²) in [6.45, 7) is 4.30. The molecule has 2 unspecified atom stereocenters. The number of carbonyl (C=O) groups is 1.